The lowest BCUT2D eigenvalue weighted by molar-refractivity contribution is -0.142. The van der Waals surface area contributed by atoms with Crippen LogP contribution in [0.25, 0.3) is 6.08 Å². The van der Waals surface area contributed by atoms with Crippen LogP contribution in [0.5, 0.6) is 0 Å². The first-order valence-electron chi connectivity index (χ1n) is 11.0. The number of ether oxygens (including phenoxy) is 1. The number of carbonyl (C=O) groups excluding carboxylic acids is 3. The molecule has 2 aliphatic heterocycles. The predicted octanol–water partition coefficient (Wildman–Crippen LogP) is 0.990. The Labute approximate surface area is 201 Å². The van der Waals surface area contributed by atoms with Crippen molar-refractivity contribution < 1.29 is 19.1 Å². The molecule has 0 saturated carbocycles. The van der Waals surface area contributed by atoms with Gasteiger partial charge >= 0.3 is 6.03 Å². The molecule has 2 aromatic rings. The average Bonchev–Trinajstić information content (AvgIpc) is 3.35. The van der Waals surface area contributed by atoms with Gasteiger partial charge in [0.25, 0.3) is 5.95 Å². The van der Waals surface area contributed by atoms with Crippen LogP contribution in [0.1, 0.15) is 5.56 Å². The van der Waals surface area contributed by atoms with Crippen LogP contribution in [-0.2, 0) is 14.3 Å². The Morgan fingerprint density at radius 3 is 2.49 bits per heavy atom. The summed E-state index contributed by atoms with van der Waals surface area (Å²) in [4.78, 5) is 51.0. The Bertz CT molecular complexity index is 1150. The SMILES string of the molecule is C=CC1OC(/C=C/c2ccccc2)C2C(=O)N(CCNC(=O)NC(N)=Nc3ncccn3)C(=O)C12. The molecule has 2 fully saturated rings. The van der Waals surface area contributed by atoms with Crippen LogP contribution in [0.3, 0.4) is 0 Å². The third-order valence-electron chi connectivity index (χ3n) is 5.66. The first-order chi connectivity index (χ1) is 17.0. The van der Waals surface area contributed by atoms with E-state index in [4.69, 9.17) is 10.5 Å². The van der Waals surface area contributed by atoms with Crippen molar-refractivity contribution in [3.63, 3.8) is 0 Å². The van der Waals surface area contributed by atoms with Gasteiger partial charge in [-0.15, -0.1) is 6.58 Å². The quantitative estimate of drug-likeness (QED) is 0.234. The van der Waals surface area contributed by atoms with Crippen molar-refractivity contribution in [1.82, 2.24) is 25.5 Å². The summed E-state index contributed by atoms with van der Waals surface area (Å²) < 4.78 is 5.93. The van der Waals surface area contributed by atoms with Gasteiger partial charge in [0, 0.05) is 25.5 Å². The maximum Gasteiger partial charge on any atom is 0.321 e. The molecule has 0 radical (unpaired) electrons. The van der Waals surface area contributed by atoms with Crippen LogP contribution in [0.4, 0.5) is 10.7 Å². The van der Waals surface area contributed by atoms with Crippen molar-refractivity contribution in [3.05, 3.63) is 73.1 Å². The van der Waals surface area contributed by atoms with Crippen LogP contribution >= 0.6 is 0 Å². The van der Waals surface area contributed by atoms with E-state index in [2.05, 4.69) is 32.2 Å². The summed E-state index contributed by atoms with van der Waals surface area (Å²) in [7, 11) is 0. The molecule has 3 heterocycles. The molecule has 11 nitrogen and oxygen atoms in total. The number of hydrogen-bond donors (Lipinski definition) is 3. The number of urea groups is 1. The lowest BCUT2D eigenvalue weighted by Gasteiger charge is -2.19. The van der Waals surface area contributed by atoms with E-state index < -0.39 is 30.1 Å². The molecule has 0 aliphatic carbocycles. The van der Waals surface area contributed by atoms with E-state index in [0.717, 1.165) is 10.5 Å². The second-order valence-electron chi connectivity index (χ2n) is 7.88. The first kappa shape index (κ1) is 23.8. The maximum absolute atomic E-state index is 13.1. The molecule has 4 atom stereocenters. The summed E-state index contributed by atoms with van der Waals surface area (Å²) in [5, 5.41) is 4.89. The fourth-order valence-electron chi connectivity index (χ4n) is 4.10. The Morgan fingerprint density at radius 2 is 1.80 bits per heavy atom. The van der Waals surface area contributed by atoms with E-state index in [9.17, 15) is 14.4 Å². The maximum atomic E-state index is 13.1. The zero-order valence-electron chi connectivity index (χ0n) is 18.8. The number of guanidine groups is 1. The molecule has 180 valence electrons. The van der Waals surface area contributed by atoms with Crippen molar-refractivity contribution >= 4 is 35.8 Å². The molecule has 4 rings (SSSR count). The van der Waals surface area contributed by atoms with Gasteiger partial charge in [0.05, 0.1) is 24.0 Å². The van der Waals surface area contributed by atoms with Gasteiger partial charge in [0.1, 0.15) is 0 Å². The highest BCUT2D eigenvalue weighted by Crippen LogP contribution is 2.41. The Kier molecular flexibility index (Phi) is 7.27. The van der Waals surface area contributed by atoms with Crippen molar-refractivity contribution in [1.29, 1.82) is 0 Å². The second-order valence-corrected chi connectivity index (χ2v) is 7.88. The smallest absolute Gasteiger partial charge is 0.321 e. The monoisotopic (exact) mass is 475 g/mol. The van der Waals surface area contributed by atoms with E-state index in [1.165, 1.54) is 12.4 Å². The highest BCUT2D eigenvalue weighted by molar-refractivity contribution is 6.06. The molecule has 35 heavy (non-hydrogen) atoms. The number of aliphatic imine (C=N–C) groups is 1. The van der Waals surface area contributed by atoms with Gasteiger partial charge in [-0.3, -0.25) is 19.8 Å². The van der Waals surface area contributed by atoms with Gasteiger partial charge in [-0.2, -0.15) is 4.99 Å². The van der Waals surface area contributed by atoms with Gasteiger partial charge < -0.3 is 15.8 Å². The number of fused-ring (bicyclic) bond motifs is 1. The molecule has 4 amide bonds. The minimum absolute atomic E-state index is 0.00983. The summed E-state index contributed by atoms with van der Waals surface area (Å²) in [5.74, 6) is -2.07. The minimum atomic E-state index is -0.645. The van der Waals surface area contributed by atoms with Crippen LogP contribution in [0, 0.1) is 11.8 Å². The summed E-state index contributed by atoms with van der Waals surface area (Å²) in [5.41, 5.74) is 6.63. The molecular weight excluding hydrogens is 450 g/mol. The van der Waals surface area contributed by atoms with E-state index in [0.29, 0.717) is 0 Å². The second kappa shape index (κ2) is 10.7. The lowest BCUT2D eigenvalue weighted by Crippen LogP contribution is -2.46. The normalized spacial score (nSPS) is 24.0. The molecule has 2 aliphatic rings. The van der Waals surface area contributed by atoms with Gasteiger partial charge in [-0.1, -0.05) is 48.6 Å². The molecule has 2 saturated heterocycles. The van der Waals surface area contributed by atoms with Gasteiger partial charge in [-0.25, -0.2) is 14.8 Å². The number of amides is 4. The van der Waals surface area contributed by atoms with Gasteiger partial charge in [0.2, 0.25) is 17.8 Å². The van der Waals surface area contributed by atoms with E-state index in [1.807, 2.05) is 36.4 Å². The van der Waals surface area contributed by atoms with Crippen molar-refractivity contribution in [2.24, 2.45) is 22.6 Å². The van der Waals surface area contributed by atoms with Crippen molar-refractivity contribution in [3.8, 4) is 0 Å². The van der Waals surface area contributed by atoms with Gasteiger partial charge in [-0.05, 0) is 11.6 Å². The number of nitrogens with zero attached hydrogens (tertiary/aromatic N) is 4. The van der Waals surface area contributed by atoms with Crippen molar-refractivity contribution in [2.75, 3.05) is 13.1 Å². The predicted molar refractivity (Wildman–Crippen MR) is 128 cm³/mol. The Balaban J connectivity index is 1.34. The highest BCUT2D eigenvalue weighted by atomic mass is 16.5. The topological polar surface area (TPSA) is 152 Å². The highest BCUT2D eigenvalue weighted by Gasteiger charge is 2.58. The van der Waals surface area contributed by atoms with Gasteiger partial charge in [0.15, 0.2) is 0 Å². The summed E-state index contributed by atoms with van der Waals surface area (Å²) >= 11 is 0. The van der Waals surface area contributed by atoms with Crippen LogP contribution in [-0.4, -0.2) is 64.0 Å². The van der Waals surface area contributed by atoms with Crippen LogP contribution < -0.4 is 16.4 Å². The third kappa shape index (κ3) is 5.41. The van der Waals surface area contributed by atoms with Crippen LogP contribution in [0.15, 0.2) is 72.5 Å². The molecule has 11 heteroatoms. The summed E-state index contributed by atoms with van der Waals surface area (Å²) in [6.07, 6.45) is 7.07. The zero-order chi connectivity index (χ0) is 24.8. The fourth-order valence-corrected chi connectivity index (χ4v) is 4.10. The molecule has 4 unspecified atom stereocenters. The van der Waals surface area contributed by atoms with Crippen LogP contribution in [0.2, 0.25) is 0 Å². The molecule has 1 aromatic carbocycles. The first-order valence-corrected chi connectivity index (χ1v) is 11.0. The average molecular weight is 476 g/mol. The number of rotatable bonds is 7. The number of carbonyl (C=O) groups is 3. The molecule has 0 spiro atoms. The Morgan fingerprint density at radius 1 is 1.11 bits per heavy atom. The van der Waals surface area contributed by atoms with E-state index >= 15 is 0 Å². The lowest BCUT2D eigenvalue weighted by atomic mass is 9.89. The number of imide groups is 1. The largest absolute Gasteiger partial charge is 0.369 e. The van der Waals surface area contributed by atoms with E-state index in [1.54, 1.807) is 18.2 Å². The molecule has 4 N–H and O–H groups in total. The number of nitrogens with one attached hydrogen (secondary N) is 2. The number of aromatic nitrogens is 2. The molecular formula is C24H25N7O4. The number of nitrogens with two attached hydrogens (primary N) is 1. The number of benzene rings is 1. The minimum Gasteiger partial charge on any atom is -0.369 e. The van der Waals surface area contributed by atoms with E-state index in [-0.39, 0.29) is 36.8 Å². The summed E-state index contributed by atoms with van der Waals surface area (Å²) in [6, 6.07) is 10.6. The number of likely N-dealkylation sites (tertiary alicyclic amines) is 1. The third-order valence-corrected chi connectivity index (χ3v) is 5.66. The molecule has 1 aromatic heterocycles. The zero-order valence-corrected chi connectivity index (χ0v) is 18.8. The number of hydrogen-bond acceptors (Lipinski definition) is 7. The summed E-state index contributed by atoms with van der Waals surface area (Å²) in [6.45, 7) is 3.79. The Hall–Kier alpha value is -4.38. The molecule has 0 bridgehead atoms. The standard InChI is InChI=1S/C24H25N7O4/c1-2-16-18-19(17(35-16)10-9-15-7-4-3-5-8-15)21(33)31(20(18)32)14-13-28-24(34)30-22(25)29-23-26-11-6-12-27-23/h2-12,16-19H,1,13-14H2,(H4,25,26,27,28,29,30,34)/b10-9+. The fraction of sp³-hybridized carbons (Fsp3) is 0.250. The van der Waals surface area contributed by atoms with Crippen molar-refractivity contribution in [2.45, 2.75) is 12.2 Å².